The van der Waals surface area contributed by atoms with E-state index in [0.717, 1.165) is 11.1 Å². The van der Waals surface area contributed by atoms with Crippen LogP contribution in [0.4, 0.5) is 5.69 Å². The lowest BCUT2D eigenvalue weighted by atomic mass is 10.0. The van der Waals surface area contributed by atoms with Gasteiger partial charge in [-0.1, -0.05) is 54.1 Å². The minimum atomic E-state index is -3.26. The molecule has 1 atom stereocenters. The van der Waals surface area contributed by atoms with Crippen LogP contribution in [-0.2, 0) is 35.8 Å². The zero-order valence-corrected chi connectivity index (χ0v) is 25.4. The molecule has 0 unspecified atom stereocenters. The second-order valence-electron chi connectivity index (χ2n) is 9.33. The molecule has 13 heteroatoms. The highest BCUT2D eigenvalue weighted by molar-refractivity contribution is 7.53. The number of nitrogens with zero attached hydrogens (tertiary/aromatic N) is 4. The molecule has 43 heavy (non-hydrogen) atoms. The molecule has 0 spiro atoms. The largest absolute Gasteiger partial charge is 0.340 e. The van der Waals surface area contributed by atoms with Crippen molar-refractivity contribution in [3.8, 4) is 5.69 Å². The van der Waals surface area contributed by atoms with E-state index < -0.39 is 25.5 Å². The Bertz CT molecular complexity index is 1570. The number of amides is 2. The predicted octanol–water partition coefficient (Wildman–Crippen LogP) is 5.46. The molecule has 0 fully saturated rings. The van der Waals surface area contributed by atoms with Gasteiger partial charge < -0.3 is 19.7 Å². The lowest BCUT2D eigenvalue weighted by molar-refractivity contribution is -0.123. The lowest BCUT2D eigenvalue weighted by Gasteiger charge is -2.19. The van der Waals surface area contributed by atoms with Gasteiger partial charge in [0.15, 0.2) is 0 Å². The standard InChI is InChI=1S/C30H32ClN6O5P/c1-3-41-43(40,42-4-2)20-23-10-14-26(15-11-23)33-30(39)27(18-22-8-6-5-7-9-22)34-29(38)17-12-24-19-25(31)13-16-28(24)37-21-32-35-36-37/h5-17,19,21,27H,3-4,18,20H2,1-2H3,(H,33,39)(H,34,38)/t27-/m0/s1. The summed E-state index contributed by atoms with van der Waals surface area (Å²) in [6.45, 7) is 4.06. The molecule has 0 saturated carbocycles. The van der Waals surface area contributed by atoms with Crippen molar-refractivity contribution in [2.24, 2.45) is 0 Å². The summed E-state index contributed by atoms with van der Waals surface area (Å²) in [6, 6.07) is 20.5. The van der Waals surface area contributed by atoms with Gasteiger partial charge >= 0.3 is 7.60 Å². The Hall–Kier alpha value is -4.15. The molecule has 0 aliphatic rings. The van der Waals surface area contributed by atoms with Crippen LogP contribution in [0.2, 0.25) is 5.02 Å². The molecular weight excluding hydrogens is 591 g/mol. The Balaban J connectivity index is 1.48. The monoisotopic (exact) mass is 622 g/mol. The molecule has 2 amide bonds. The number of anilines is 1. The van der Waals surface area contributed by atoms with Crippen molar-refractivity contribution >= 4 is 42.8 Å². The molecule has 0 radical (unpaired) electrons. The number of aromatic nitrogens is 4. The first-order valence-corrected chi connectivity index (χ1v) is 15.7. The van der Waals surface area contributed by atoms with E-state index in [1.165, 1.54) is 17.1 Å². The van der Waals surface area contributed by atoms with Gasteiger partial charge in [-0.05, 0) is 71.8 Å². The Labute approximate surface area is 254 Å². The van der Waals surface area contributed by atoms with Gasteiger partial charge in [-0.15, -0.1) is 5.10 Å². The van der Waals surface area contributed by atoms with Crippen LogP contribution in [-0.4, -0.2) is 51.3 Å². The van der Waals surface area contributed by atoms with Crippen LogP contribution in [0.15, 0.2) is 85.2 Å². The average Bonchev–Trinajstić information content (AvgIpc) is 3.52. The fourth-order valence-electron chi connectivity index (χ4n) is 4.25. The van der Waals surface area contributed by atoms with E-state index in [9.17, 15) is 14.2 Å². The van der Waals surface area contributed by atoms with Gasteiger partial charge in [-0.3, -0.25) is 14.2 Å². The highest BCUT2D eigenvalue weighted by Crippen LogP contribution is 2.51. The van der Waals surface area contributed by atoms with Gasteiger partial charge in [0.25, 0.3) is 0 Å². The van der Waals surface area contributed by atoms with E-state index >= 15 is 0 Å². The molecule has 1 heterocycles. The number of tetrazole rings is 1. The van der Waals surface area contributed by atoms with E-state index in [1.54, 1.807) is 62.4 Å². The molecule has 2 N–H and O–H groups in total. The number of benzene rings is 3. The fraction of sp³-hybridized carbons (Fsp3) is 0.233. The highest BCUT2D eigenvalue weighted by Gasteiger charge is 2.24. The molecule has 0 aliphatic heterocycles. The number of rotatable bonds is 14. The summed E-state index contributed by atoms with van der Waals surface area (Å²) in [5.41, 5.74) is 3.37. The van der Waals surface area contributed by atoms with Gasteiger partial charge in [0, 0.05) is 28.8 Å². The van der Waals surface area contributed by atoms with Crippen molar-refractivity contribution in [3.05, 3.63) is 107 Å². The summed E-state index contributed by atoms with van der Waals surface area (Å²) in [5.74, 6) is -0.874. The van der Waals surface area contributed by atoms with Gasteiger partial charge in [-0.25, -0.2) is 0 Å². The number of nitrogens with one attached hydrogen (secondary N) is 2. The Morgan fingerprint density at radius 3 is 2.37 bits per heavy atom. The van der Waals surface area contributed by atoms with Crippen molar-refractivity contribution in [2.75, 3.05) is 18.5 Å². The van der Waals surface area contributed by atoms with Gasteiger partial charge in [0.2, 0.25) is 11.8 Å². The zero-order chi connectivity index (χ0) is 30.7. The van der Waals surface area contributed by atoms with Gasteiger partial charge in [0.1, 0.15) is 12.4 Å². The first-order chi connectivity index (χ1) is 20.8. The molecule has 11 nitrogen and oxygen atoms in total. The molecular formula is C30H32ClN6O5P. The summed E-state index contributed by atoms with van der Waals surface area (Å²) in [4.78, 5) is 26.4. The minimum Gasteiger partial charge on any atom is -0.340 e. The summed E-state index contributed by atoms with van der Waals surface area (Å²) in [5, 5.41) is 17.4. The zero-order valence-electron chi connectivity index (χ0n) is 23.7. The number of halogens is 1. The maximum absolute atomic E-state index is 13.4. The predicted molar refractivity (Wildman–Crippen MR) is 165 cm³/mol. The smallest absolute Gasteiger partial charge is 0.335 e. The van der Waals surface area contributed by atoms with Crippen LogP contribution in [0.3, 0.4) is 0 Å². The summed E-state index contributed by atoms with van der Waals surface area (Å²) >= 11 is 6.18. The Morgan fingerprint density at radius 1 is 1.00 bits per heavy atom. The number of carbonyl (C=O) groups is 2. The minimum absolute atomic E-state index is 0.115. The first-order valence-electron chi connectivity index (χ1n) is 13.6. The van der Waals surface area contributed by atoms with Crippen molar-refractivity contribution in [2.45, 2.75) is 32.5 Å². The molecule has 224 valence electrons. The van der Waals surface area contributed by atoms with Crippen molar-refractivity contribution in [1.29, 1.82) is 0 Å². The van der Waals surface area contributed by atoms with E-state index in [2.05, 4.69) is 26.2 Å². The van der Waals surface area contributed by atoms with Crippen molar-refractivity contribution in [3.63, 3.8) is 0 Å². The summed E-state index contributed by atoms with van der Waals surface area (Å²) in [6.07, 6.45) is 4.73. The van der Waals surface area contributed by atoms with Crippen LogP contribution in [0, 0.1) is 0 Å². The second-order valence-corrected chi connectivity index (χ2v) is 11.8. The van der Waals surface area contributed by atoms with Crippen LogP contribution in [0.25, 0.3) is 11.8 Å². The Kier molecular flexibility index (Phi) is 11.4. The third kappa shape index (κ3) is 9.42. The van der Waals surface area contributed by atoms with Crippen LogP contribution in [0.5, 0.6) is 0 Å². The second kappa shape index (κ2) is 15.4. The van der Waals surface area contributed by atoms with E-state index in [1.807, 2.05) is 30.3 Å². The van der Waals surface area contributed by atoms with Crippen molar-refractivity contribution in [1.82, 2.24) is 25.5 Å². The summed E-state index contributed by atoms with van der Waals surface area (Å²) < 4.78 is 25.1. The maximum Gasteiger partial charge on any atom is 0.335 e. The topological polar surface area (TPSA) is 137 Å². The summed E-state index contributed by atoms with van der Waals surface area (Å²) in [7, 11) is -3.26. The molecule has 1 aromatic heterocycles. The molecule has 3 aromatic carbocycles. The molecule has 4 aromatic rings. The highest BCUT2D eigenvalue weighted by atomic mass is 35.5. The van der Waals surface area contributed by atoms with E-state index in [4.69, 9.17) is 20.6 Å². The molecule has 4 rings (SSSR count). The van der Waals surface area contributed by atoms with Crippen LogP contribution in [0.1, 0.15) is 30.5 Å². The Morgan fingerprint density at radius 2 is 1.72 bits per heavy atom. The van der Waals surface area contributed by atoms with E-state index in [0.29, 0.717) is 22.0 Å². The van der Waals surface area contributed by atoms with Crippen LogP contribution < -0.4 is 10.6 Å². The van der Waals surface area contributed by atoms with Crippen LogP contribution >= 0.6 is 19.2 Å². The van der Waals surface area contributed by atoms with Gasteiger partial charge in [0.05, 0.1) is 25.1 Å². The third-order valence-electron chi connectivity index (χ3n) is 6.16. The molecule has 0 bridgehead atoms. The van der Waals surface area contributed by atoms with Gasteiger partial charge in [-0.2, -0.15) is 4.68 Å². The quantitative estimate of drug-likeness (QED) is 0.140. The number of hydrogen-bond donors (Lipinski definition) is 2. The number of hydrogen-bond acceptors (Lipinski definition) is 8. The first kappa shape index (κ1) is 31.8. The molecule has 0 aliphatic carbocycles. The maximum atomic E-state index is 13.4. The average molecular weight is 623 g/mol. The van der Waals surface area contributed by atoms with Crippen molar-refractivity contribution < 1.29 is 23.2 Å². The fourth-order valence-corrected chi connectivity index (χ4v) is 6.13. The third-order valence-corrected chi connectivity index (χ3v) is 8.46. The molecule has 0 saturated heterocycles. The lowest BCUT2D eigenvalue weighted by Crippen LogP contribution is -2.44. The van der Waals surface area contributed by atoms with E-state index in [-0.39, 0.29) is 25.8 Å². The number of carbonyl (C=O) groups excluding carboxylic acids is 2. The normalized spacial score (nSPS) is 12.3. The SMILES string of the molecule is CCOP(=O)(Cc1ccc(NC(=O)[C@H](Cc2ccccc2)NC(=O)C=Cc2cc(Cl)ccc2-n2cnnn2)cc1)OCC.